The highest BCUT2D eigenvalue weighted by Gasteiger charge is 2.21. The average Bonchev–Trinajstić information content (AvgIpc) is 3.19. The van der Waals surface area contributed by atoms with Crippen LogP contribution in [0.5, 0.6) is 0 Å². The van der Waals surface area contributed by atoms with Crippen LogP contribution in [0.25, 0.3) is 11.0 Å². The number of Topliss-reactive ketones (excluding diaryl/α,β-unsaturated/α-hetero) is 1. The Balaban J connectivity index is 1.64. The molecule has 0 fully saturated rings. The first-order chi connectivity index (χ1) is 14.7. The van der Waals surface area contributed by atoms with Gasteiger partial charge in [-0.25, -0.2) is 13.1 Å². The van der Waals surface area contributed by atoms with Gasteiger partial charge in [0.2, 0.25) is 10.0 Å². The zero-order chi connectivity index (χ0) is 22.6. The number of carbonyl (C=O) groups excluding carboxylic acids is 2. The van der Waals surface area contributed by atoms with Gasteiger partial charge in [0.25, 0.3) is 5.91 Å². The largest absolute Gasteiger partial charge is 0.481 e. The molecule has 10 nitrogen and oxygen atoms in total. The summed E-state index contributed by atoms with van der Waals surface area (Å²) in [5.74, 6) is -2.27. The van der Waals surface area contributed by atoms with Gasteiger partial charge in [-0.3, -0.25) is 14.4 Å². The Morgan fingerprint density at radius 1 is 1.13 bits per heavy atom. The monoisotopic (exact) mass is 445 g/mol. The van der Waals surface area contributed by atoms with Crippen LogP contribution < -0.4 is 10.0 Å². The number of hydrogen-bond donors (Lipinski definition) is 3. The highest BCUT2D eigenvalue weighted by molar-refractivity contribution is 7.89. The smallest absolute Gasteiger partial charge is 0.305 e. The van der Waals surface area contributed by atoms with E-state index in [4.69, 9.17) is 9.63 Å². The van der Waals surface area contributed by atoms with E-state index >= 15 is 0 Å². The number of carbonyl (C=O) groups is 3. The molecule has 1 amide bonds. The van der Waals surface area contributed by atoms with E-state index in [-0.39, 0.29) is 17.0 Å². The highest BCUT2D eigenvalue weighted by atomic mass is 32.2. The Kier molecular flexibility index (Phi) is 6.47. The zero-order valence-corrected chi connectivity index (χ0v) is 17.2. The van der Waals surface area contributed by atoms with E-state index in [2.05, 4.69) is 15.2 Å². The summed E-state index contributed by atoms with van der Waals surface area (Å²) < 4.78 is 32.5. The second-order valence-corrected chi connectivity index (χ2v) is 8.55. The second-order valence-electron chi connectivity index (χ2n) is 6.78. The summed E-state index contributed by atoms with van der Waals surface area (Å²) >= 11 is 0. The lowest BCUT2D eigenvalue weighted by molar-refractivity contribution is -0.139. The summed E-state index contributed by atoms with van der Waals surface area (Å²) in [6, 6.07) is 9.30. The molecule has 3 N–H and O–H groups in total. The van der Waals surface area contributed by atoms with Gasteiger partial charge >= 0.3 is 5.97 Å². The number of nitrogens with zero attached hydrogens (tertiary/aromatic N) is 1. The maximum atomic E-state index is 12.5. The van der Waals surface area contributed by atoms with E-state index in [0.29, 0.717) is 16.5 Å². The van der Waals surface area contributed by atoms with Gasteiger partial charge in [-0.1, -0.05) is 17.3 Å². The summed E-state index contributed by atoms with van der Waals surface area (Å²) in [5, 5.41) is 15.5. The minimum Gasteiger partial charge on any atom is -0.481 e. The Morgan fingerprint density at radius 2 is 1.84 bits per heavy atom. The van der Waals surface area contributed by atoms with E-state index in [9.17, 15) is 22.8 Å². The molecular formula is C20H19N3O7S. The third kappa shape index (κ3) is 5.53. The summed E-state index contributed by atoms with van der Waals surface area (Å²) in [5.41, 5.74) is 1.15. The maximum Gasteiger partial charge on any atom is 0.305 e. The molecule has 0 aliphatic carbocycles. The fourth-order valence-electron chi connectivity index (χ4n) is 2.76. The Bertz CT molecular complexity index is 1230. The SMILES string of the molecule is CC(=O)[C@H](CC(=O)O)NC(=O)c1ccc(CNS(=O)(=O)c2ccc3cnoc3c2)cc1. The predicted octanol–water partition coefficient (Wildman–Crippen LogP) is 1.47. The summed E-state index contributed by atoms with van der Waals surface area (Å²) in [6.45, 7) is 1.18. The molecule has 2 aromatic carbocycles. The molecular weight excluding hydrogens is 426 g/mol. The van der Waals surface area contributed by atoms with Crippen LogP contribution in [0.4, 0.5) is 0 Å². The quantitative estimate of drug-likeness (QED) is 0.447. The number of rotatable bonds is 9. The predicted molar refractivity (Wildman–Crippen MR) is 109 cm³/mol. The topological polar surface area (TPSA) is 156 Å². The number of benzene rings is 2. The van der Waals surface area contributed by atoms with Crippen LogP contribution in [0.1, 0.15) is 29.3 Å². The molecule has 0 saturated heterocycles. The number of hydrogen-bond acceptors (Lipinski definition) is 7. The Labute approximate surface area is 177 Å². The van der Waals surface area contributed by atoms with Crippen molar-refractivity contribution in [2.45, 2.75) is 30.8 Å². The first-order valence-corrected chi connectivity index (χ1v) is 10.6. The summed E-state index contributed by atoms with van der Waals surface area (Å²) in [4.78, 5) is 34.6. The van der Waals surface area contributed by atoms with Crippen molar-refractivity contribution >= 4 is 38.7 Å². The number of ketones is 1. The minimum atomic E-state index is -3.80. The average molecular weight is 445 g/mol. The zero-order valence-electron chi connectivity index (χ0n) is 16.4. The maximum absolute atomic E-state index is 12.5. The number of carboxylic acid groups (broad SMARTS) is 1. The highest BCUT2D eigenvalue weighted by Crippen LogP contribution is 2.19. The van der Waals surface area contributed by atoms with Crippen LogP contribution in [0, 0.1) is 0 Å². The van der Waals surface area contributed by atoms with Crippen molar-refractivity contribution < 1.29 is 32.4 Å². The number of aliphatic carboxylic acids is 1. The van der Waals surface area contributed by atoms with Crippen LogP contribution in [-0.2, 0) is 26.2 Å². The van der Waals surface area contributed by atoms with Gasteiger partial charge in [0.1, 0.15) is 0 Å². The number of amides is 1. The minimum absolute atomic E-state index is 0.0201. The standard InChI is InChI=1S/C20H19N3O7S/c1-12(24)17(9-19(25)26)23-20(27)14-4-2-13(3-5-14)10-22-31(28,29)16-7-6-15-11-21-30-18(15)8-16/h2-8,11,17,22H,9-10H2,1H3,(H,23,27)(H,25,26)/t17-/m0/s1. The third-order valence-corrected chi connectivity index (χ3v) is 5.89. The van der Waals surface area contributed by atoms with Crippen molar-refractivity contribution in [2.24, 2.45) is 0 Å². The van der Waals surface area contributed by atoms with Crippen LogP contribution in [0.15, 0.2) is 58.1 Å². The fourth-order valence-corrected chi connectivity index (χ4v) is 3.79. The van der Waals surface area contributed by atoms with Crippen molar-refractivity contribution in [2.75, 3.05) is 0 Å². The summed E-state index contributed by atoms with van der Waals surface area (Å²) in [6.07, 6.45) is 0.970. The molecule has 1 atom stereocenters. The van der Waals surface area contributed by atoms with Crippen molar-refractivity contribution in [3.8, 4) is 0 Å². The second kappa shape index (κ2) is 9.06. The first-order valence-electron chi connectivity index (χ1n) is 9.12. The number of carboxylic acids is 1. The number of fused-ring (bicyclic) bond motifs is 1. The molecule has 0 bridgehead atoms. The summed E-state index contributed by atoms with van der Waals surface area (Å²) in [7, 11) is -3.80. The first kappa shape index (κ1) is 22.1. The van der Waals surface area contributed by atoms with E-state index in [1.54, 1.807) is 18.2 Å². The number of aromatic nitrogens is 1. The van der Waals surface area contributed by atoms with Crippen molar-refractivity contribution in [3.05, 3.63) is 59.8 Å². The van der Waals surface area contributed by atoms with Gasteiger partial charge in [-0.15, -0.1) is 0 Å². The number of sulfonamides is 1. The molecule has 11 heteroatoms. The fraction of sp³-hybridized carbons (Fsp3) is 0.200. The molecule has 0 aliphatic heterocycles. The molecule has 3 rings (SSSR count). The Hall–Kier alpha value is -3.57. The van der Waals surface area contributed by atoms with E-state index < -0.39 is 40.1 Å². The van der Waals surface area contributed by atoms with Gasteiger partial charge in [-0.2, -0.15) is 0 Å². The van der Waals surface area contributed by atoms with Crippen LogP contribution in [0.2, 0.25) is 0 Å². The van der Waals surface area contributed by atoms with Crippen molar-refractivity contribution in [1.82, 2.24) is 15.2 Å². The van der Waals surface area contributed by atoms with Gasteiger partial charge in [-0.05, 0) is 36.8 Å². The van der Waals surface area contributed by atoms with E-state index in [1.165, 1.54) is 37.4 Å². The van der Waals surface area contributed by atoms with Crippen molar-refractivity contribution in [3.63, 3.8) is 0 Å². The molecule has 3 aromatic rings. The van der Waals surface area contributed by atoms with E-state index in [1.807, 2.05) is 0 Å². The molecule has 1 heterocycles. The van der Waals surface area contributed by atoms with Gasteiger partial charge in [0, 0.05) is 23.6 Å². The molecule has 31 heavy (non-hydrogen) atoms. The molecule has 1 aromatic heterocycles. The lowest BCUT2D eigenvalue weighted by Gasteiger charge is -2.14. The molecule has 162 valence electrons. The van der Waals surface area contributed by atoms with Crippen LogP contribution in [-0.4, -0.2) is 42.4 Å². The lowest BCUT2D eigenvalue weighted by Crippen LogP contribution is -2.41. The van der Waals surface area contributed by atoms with Gasteiger partial charge < -0.3 is 14.9 Å². The molecule has 0 aliphatic rings. The van der Waals surface area contributed by atoms with Gasteiger partial charge in [0.05, 0.1) is 23.6 Å². The van der Waals surface area contributed by atoms with E-state index in [0.717, 1.165) is 0 Å². The third-order valence-electron chi connectivity index (χ3n) is 4.50. The molecule has 0 spiro atoms. The number of nitrogens with one attached hydrogen (secondary N) is 2. The Morgan fingerprint density at radius 3 is 2.48 bits per heavy atom. The van der Waals surface area contributed by atoms with Gasteiger partial charge in [0.15, 0.2) is 11.4 Å². The molecule has 0 radical (unpaired) electrons. The molecule has 0 saturated carbocycles. The normalized spacial score (nSPS) is 12.4. The van der Waals surface area contributed by atoms with Crippen molar-refractivity contribution in [1.29, 1.82) is 0 Å². The molecule has 0 unspecified atom stereocenters. The van der Waals surface area contributed by atoms with Crippen LogP contribution >= 0.6 is 0 Å². The van der Waals surface area contributed by atoms with Crippen LogP contribution in [0.3, 0.4) is 0 Å². The lowest BCUT2D eigenvalue weighted by atomic mass is 10.1.